The van der Waals surface area contributed by atoms with Crippen LogP contribution in [0.2, 0.25) is 0 Å². The van der Waals surface area contributed by atoms with Crippen molar-refractivity contribution in [1.82, 2.24) is 4.90 Å². The van der Waals surface area contributed by atoms with Gasteiger partial charge in [-0.25, -0.2) is 0 Å². The first kappa shape index (κ1) is 33.9. The summed E-state index contributed by atoms with van der Waals surface area (Å²) in [5.74, 6) is 4.32. The molecule has 230 valence electrons. The topological polar surface area (TPSA) is 66.8 Å². The molecule has 5 unspecified atom stereocenters. The minimum Gasteiger partial charge on any atom is -1.00 e. The van der Waals surface area contributed by atoms with Crippen LogP contribution in [0.15, 0.2) is 12.7 Å². The largest absolute Gasteiger partial charge is 1.00 e. The van der Waals surface area contributed by atoms with Gasteiger partial charge in [0, 0.05) is 44.3 Å². The number of fused-ring (bicyclic) bond motifs is 5. The number of quaternary nitrogens is 1. The molecule has 0 bridgehead atoms. The molecule has 6 aliphatic rings. The fraction of sp³-hybridized carbons (Fsp3) is 0.909. The molecule has 2 aliphatic heterocycles. The van der Waals surface area contributed by atoms with Gasteiger partial charge < -0.3 is 31.3 Å². The zero-order chi connectivity index (χ0) is 28.4. The van der Waals surface area contributed by atoms with Crippen LogP contribution in [0.25, 0.3) is 0 Å². The smallest absolute Gasteiger partial charge is 0.373 e. The standard InChI is InChI=1S/C29H51N2O2.C3H6.CO2.BrH/c1-20-26(31(4)13-5-6-14-31)18-24-22-8-7-21-17-27(32)25(30-11-15-33-16-12-30)19-29(21,3)23(22)9-10-28(20,24)2;1-3-2;2-1-3;/h20-27,32H,5-19H2,1-4H3;3H,1H2,2H3;;1H/q+1;;;/p-1/t20-,21?,22?,23?,24?,25-,26-,27?,28+,29-;;;/m0.../s1. The van der Waals surface area contributed by atoms with Crippen molar-refractivity contribution in [2.24, 2.45) is 40.4 Å². The van der Waals surface area contributed by atoms with Gasteiger partial charge in [0.15, 0.2) is 0 Å². The van der Waals surface area contributed by atoms with Gasteiger partial charge in [-0.2, -0.15) is 9.59 Å². The van der Waals surface area contributed by atoms with Crippen LogP contribution >= 0.6 is 0 Å². The van der Waals surface area contributed by atoms with E-state index in [1.807, 2.05) is 6.92 Å². The Kier molecular flexibility index (Phi) is 11.7. The van der Waals surface area contributed by atoms with E-state index in [-0.39, 0.29) is 29.2 Å². The maximum atomic E-state index is 11.2. The van der Waals surface area contributed by atoms with E-state index in [1.54, 1.807) is 6.08 Å². The van der Waals surface area contributed by atoms with Crippen molar-refractivity contribution in [3.8, 4) is 0 Å². The van der Waals surface area contributed by atoms with Crippen molar-refractivity contribution < 1.29 is 40.9 Å². The summed E-state index contributed by atoms with van der Waals surface area (Å²) < 4.78 is 7.02. The number of aliphatic hydroxyl groups is 1. The monoisotopic (exact) mass is 624 g/mol. The van der Waals surface area contributed by atoms with Crippen LogP contribution in [0.4, 0.5) is 0 Å². The average molecular weight is 626 g/mol. The molecule has 40 heavy (non-hydrogen) atoms. The Balaban J connectivity index is 0.000000581. The number of ether oxygens (including phenoxy) is 1. The van der Waals surface area contributed by atoms with Gasteiger partial charge in [-0.15, -0.1) is 6.58 Å². The Morgan fingerprint density at radius 2 is 1.62 bits per heavy atom. The van der Waals surface area contributed by atoms with Crippen molar-refractivity contribution in [2.45, 2.75) is 104 Å². The molecule has 0 amide bonds. The van der Waals surface area contributed by atoms with Crippen molar-refractivity contribution in [1.29, 1.82) is 0 Å². The van der Waals surface area contributed by atoms with Crippen LogP contribution in [0.1, 0.15) is 85.5 Å². The Labute approximate surface area is 254 Å². The van der Waals surface area contributed by atoms with E-state index in [9.17, 15) is 5.11 Å². The second-order valence-corrected chi connectivity index (χ2v) is 14.6. The Hall–Kier alpha value is -0.560. The highest BCUT2D eigenvalue weighted by atomic mass is 79.9. The molecule has 0 radical (unpaired) electrons. The van der Waals surface area contributed by atoms with Gasteiger partial charge >= 0.3 is 6.15 Å². The van der Waals surface area contributed by atoms with E-state index in [1.165, 1.54) is 68.9 Å². The van der Waals surface area contributed by atoms with Gasteiger partial charge in [0.05, 0.1) is 45.5 Å². The number of morpholine rings is 1. The highest BCUT2D eigenvalue weighted by Gasteiger charge is 2.64. The molecule has 7 heteroatoms. The van der Waals surface area contributed by atoms with E-state index >= 15 is 0 Å². The number of hydrogen-bond donors (Lipinski definition) is 1. The minimum absolute atomic E-state index is 0. The number of hydrogen-bond acceptors (Lipinski definition) is 5. The molecular weight excluding hydrogens is 568 g/mol. The maximum Gasteiger partial charge on any atom is 0.373 e. The molecule has 0 aromatic rings. The molecule has 1 N–H and O–H groups in total. The Morgan fingerprint density at radius 3 is 2.23 bits per heavy atom. The summed E-state index contributed by atoms with van der Waals surface area (Å²) in [6, 6.07) is 1.24. The molecule has 0 spiro atoms. The third-order valence-corrected chi connectivity index (χ3v) is 13.1. The summed E-state index contributed by atoms with van der Waals surface area (Å²) in [6.07, 6.45) is 14.2. The molecule has 4 aliphatic carbocycles. The van der Waals surface area contributed by atoms with Crippen LogP contribution in [0.5, 0.6) is 0 Å². The number of carbonyl (C=O) groups excluding carboxylic acids is 2. The second kappa shape index (κ2) is 13.8. The third kappa shape index (κ3) is 6.08. The molecule has 2 heterocycles. The number of halogens is 1. The normalized spacial score (nSPS) is 45.5. The molecule has 6 fully saturated rings. The lowest BCUT2D eigenvalue weighted by Gasteiger charge is -2.62. The lowest BCUT2D eigenvalue weighted by molar-refractivity contribution is -0.925. The Bertz CT molecular complexity index is 869. The summed E-state index contributed by atoms with van der Waals surface area (Å²) in [5.41, 5.74) is 0.969. The first-order chi connectivity index (χ1) is 18.6. The predicted octanol–water partition coefficient (Wildman–Crippen LogP) is 2.17. The van der Waals surface area contributed by atoms with Crippen molar-refractivity contribution >= 4 is 6.15 Å². The number of nitrogens with zero attached hydrogens (tertiary/aromatic N) is 2. The SMILES string of the molecule is C=CC.C[C@H]1[C@@H]([N+]2(C)CCCC2)CC2C3CCC4CC(O)[C@@H](N5CCOCC5)C[C@]4(C)C3CC[C@@]21C.O=C=O.[Br-]. The van der Waals surface area contributed by atoms with Crippen molar-refractivity contribution in [3.05, 3.63) is 12.7 Å². The highest BCUT2D eigenvalue weighted by Crippen LogP contribution is 2.68. The van der Waals surface area contributed by atoms with Crippen LogP contribution in [0, 0.1) is 40.4 Å². The second-order valence-electron chi connectivity index (χ2n) is 14.6. The van der Waals surface area contributed by atoms with E-state index < -0.39 is 0 Å². The van der Waals surface area contributed by atoms with Gasteiger partial charge in [-0.3, -0.25) is 4.90 Å². The number of likely N-dealkylation sites (tertiary alicyclic amines) is 1. The third-order valence-electron chi connectivity index (χ3n) is 13.1. The Morgan fingerprint density at radius 1 is 1.02 bits per heavy atom. The quantitative estimate of drug-likeness (QED) is 0.377. The van der Waals surface area contributed by atoms with E-state index in [2.05, 4.69) is 39.3 Å². The lowest BCUT2D eigenvalue weighted by atomic mass is 9.44. The molecule has 6 rings (SSSR count). The zero-order valence-corrected chi connectivity index (χ0v) is 27.5. The summed E-state index contributed by atoms with van der Waals surface area (Å²) in [7, 11) is 2.60. The number of aliphatic hydroxyl groups excluding tert-OH is 1. The van der Waals surface area contributed by atoms with Gasteiger partial charge in [0.1, 0.15) is 0 Å². The van der Waals surface area contributed by atoms with E-state index in [0.29, 0.717) is 16.9 Å². The predicted molar refractivity (Wildman–Crippen MR) is 154 cm³/mol. The fourth-order valence-electron chi connectivity index (χ4n) is 11.0. The van der Waals surface area contributed by atoms with Gasteiger partial charge in [-0.05, 0) is 80.0 Å². The molecule has 2 saturated heterocycles. The van der Waals surface area contributed by atoms with Crippen molar-refractivity contribution in [2.75, 3.05) is 46.4 Å². The maximum absolute atomic E-state index is 11.2. The van der Waals surface area contributed by atoms with Gasteiger partial charge in [-0.1, -0.05) is 26.8 Å². The summed E-state index contributed by atoms with van der Waals surface area (Å²) in [6.45, 7) is 19.8. The summed E-state index contributed by atoms with van der Waals surface area (Å²) in [4.78, 5) is 18.8. The highest BCUT2D eigenvalue weighted by molar-refractivity contribution is 5.20. The average Bonchev–Trinajstić information content (AvgIpc) is 3.47. The first-order valence-electron chi connectivity index (χ1n) is 16.0. The minimum atomic E-state index is -0.137. The lowest BCUT2D eigenvalue weighted by Crippen LogP contribution is -3.00. The summed E-state index contributed by atoms with van der Waals surface area (Å²) in [5, 5.41) is 11.2. The van der Waals surface area contributed by atoms with Crippen LogP contribution in [0.3, 0.4) is 0 Å². The molecule has 10 atom stereocenters. The van der Waals surface area contributed by atoms with Gasteiger partial charge in [0.25, 0.3) is 0 Å². The van der Waals surface area contributed by atoms with Crippen LogP contribution in [-0.2, 0) is 14.3 Å². The van der Waals surface area contributed by atoms with E-state index in [4.69, 9.17) is 14.3 Å². The molecule has 6 nitrogen and oxygen atoms in total. The van der Waals surface area contributed by atoms with Crippen LogP contribution < -0.4 is 17.0 Å². The van der Waals surface area contributed by atoms with Crippen LogP contribution in [-0.4, -0.2) is 85.3 Å². The molecular formula is C33H57BrN2O4. The number of rotatable bonds is 2. The molecule has 0 aromatic carbocycles. The van der Waals surface area contributed by atoms with Crippen molar-refractivity contribution in [3.63, 3.8) is 0 Å². The molecule has 4 saturated carbocycles. The molecule has 0 aromatic heterocycles. The first-order valence-corrected chi connectivity index (χ1v) is 16.0. The fourth-order valence-corrected chi connectivity index (χ4v) is 11.0. The van der Waals surface area contributed by atoms with Gasteiger partial charge in [0.2, 0.25) is 0 Å². The summed E-state index contributed by atoms with van der Waals surface area (Å²) >= 11 is 0. The zero-order valence-electron chi connectivity index (χ0n) is 26.0. The number of allylic oxidation sites excluding steroid dienone is 1. The van der Waals surface area contributed by atoms with E-state index in [0.717, 1.165) is 68.4 Å².